The summed E-state index contributed by atoms with van der Waals surface area (Å²) >= 11 is 0. The zero-order valence-corrected chi connectivity index (χ0v) is 10.3. The number of carbonyl (C=O) groups is 1. The van der Waals surface area contributed by atoms with Crippen molar-refractivity contribution in [1.29, 1.82) is 0 Å². The van der Waals surface area contributed by atoms with Gasteiger partial charge in [0.05, 0.1) is 12.5 Å². The second-order valence-corrected chi connectivity index (χ2v) is 4.25. The van der Waals surface area contributed by atoms with Crippen LogP contribution in [0.5, 0.6) is 0 Å². The maximum Gasteiger partial charge on any atom is 0.233 e. The van der Waals surface area contributed by atoms with Gasteiger partial charge in [-0.1, -0.05) is 6.42 Å². The van der Waals surface area contributed by atoms with Gasteiger partial charge < -0.3 is 9.32 Å². The molecule has 1 aromatic rings. The van der Waals surface area contributed by atoms with E-state index in [4.69, 9.17) is 10.3 Å². The van der Waals surface area contributed by atoms with E-state index in [1.165, 1.54) is 5.56 Å². The monoisotopic (exact) mass is 239 g/mol. The highest BCUT2D eigenvalue weighted by Gasteiger charge is 2.02. The average Bonchev–Trinajstić information content (AvgIpc) is 2.81. The lowest BCUT2D eigenvalue weighted by molar-refractivity contribution is -0.121. The molecule has 0 unspecified atom stereocenters. The van der Waals surface area contributed by atoms with E-state index in [0.717, 1.165) is 32.4 Å². The molecular formula is C12H21N3O2. The van der Waals surface area contributed by atoms with E-state index in [-0.39, 0.29) is 5.91 Å². The third-order valence-corrected chi connectivity index (χ3v) is 2.64. The van der Waals surface area contributed by atoms with E-state index in [9.17, 15) is 4.79 Å². The summed E-state index contributed by atoms with van der Waals surface area (Å²) in [5, 5.41) is 0. The molecule has 0 bridgehead atoms. The van der Waals surface area contributed by atoms with Crippen LogP contribution in [0, 0.1) is 0 Å². The van der Waals surface area contributed by atoms with Gasteiger partial charge in [0.2, 0.25) is 5.91 Å². The van der Waals surface area contributed by atoms with Crippen molar-refractivity contribution in [2.24, 2.45) is 5.84 Å². The largest absolute Gasteiger partial charge is 0.472 e. The number of carbonyl (C=O) groups excluding carboxylic acids is 1. The first kappa shape index (κ1) is 13.7. The Kier molecular flexibility index (Phi) is 6.35. The normalized spacial score (nSPS) is 10.8. The number of rotatable bonds is 8. The van der Waals surface area contributed by atoms with E-state index < -0.39 is 0 Å². The topological polar surface area (TPSA) is 71.5 Å². The van der Waals surface area contributed by atoms with Crippen LogP contribution in [0.4, 0.5) is 0 Å². The van der Waals surface area contributed by atoms with E-state index in [2.05, 4.69) is 17.4 Å². The first-order chi connectivity index (χ1) is 8.22. The van der Waals surface area contributed by atoms with Gasteiger partial charge in [0.25, 0.3) is 0 Å². The number of nitrogens with zero attached hydrogens (tertiary/aromatic N) is 1. The van der Waals surface area contributed by atoms with Gasteiger partial charge in [-0.05, 0) is 32.5 Å². The molecule has 0 aromatic carbocycles. The zero-order chi connectivity index (χ0) is 12.5. The fourth-order valence-electron chi connectivity index (χ4n) is 1.69. The maximum atomic E-state index is 10.9. The molecular weight excluding hydrogens is 218 g/mol. The average molecular weight is 239 g/mol. The number of hydrogen-bond acceptors (Lipinski definition) is 4. The van der Waals surface area contributed by atoms with Crippen molar-refractivity contribution in [3.05, 3.63) is 24.2 Å². The number of furan rings is 1. The number of hydrazine groups is 1. The van der Waals surface area contributed by atoms with Crippen LogP contribution in [0.15, 0.2) is 23.0 Å². The molecule has 0 saturated heterocycles. The third kappa shape index (κ3) is 6.09. The lowest BCUT2D eigenvalue weighted by atomic mass is 10.2. The molecule has 0 fully saturated rings. The molecule has 0 spiro atoms. The predicted molar refractivity (Wildman–Crippen MR) is 65.8 cm³/mol. The van der Waals surface area contributed by atoms with Gasteiger partial charge in [-0.3, -0.25) is 10.2 Å². The maximum absolute atomic E-state index is 10.9. The van der Waals surface area contributed by atoms with Gasteiger partial charge in [0.1, 0.15) is 0 Å². The molecule has 0 saturated carbocycles. The molecule has 5 heteroatoms. The first-order valence-corrected chi connectivity index (χ1v) is 5.91. The summed E-state index contributed by atoms with van der Waals surface area (Å²) < 4.78 is 5.01. The van der Waals surface area contributed by atoms with E-state index >= 15 is 0 Å². The summed E-state index contributed by atoms with van der Waals surface area (Å²) in [6.07, 6.45) is 7.00. The van der Waals surface area contributed by atoms with Crippen molar-refractivity contribution in [3.63, 3.8) is 0 Å². The molecule has 0 atom stereocenters. The van der Waals surface area contributed by atoms with Crippen molar-refractivity contribution in [2.75, 3.05) is 13.6 Å². The van der Waals surface area contributed by atoms with Crippen LogP contribution in [0.1, 0.15) is 31.2 Å². The zero-order valence-electron chi connectivity index (χ0n) is 10.3. The van der Waals surface area contributed by atoms with Gasteiger partial charge in [-0.25, -0.2) is 5.84 Å². The van der Waals surface area contributed by atoms with Crippen molar-refractivity contribution in [2.45, 2.75) is 32.2 Å². The lowest BCUT2D eigenvalue weighted by Crippen LogP contribution is -2.29. The Balaban J connectivity index is 2.00. The second kappa shape index (κ2) is 7.86. The fraction of sp³-hybridized carbons (Fsp3) is 0.583. The van der Waals surface area contributed by atoms with Gasteiger partial charge in [-0.2, -0.15) is 0 Å². The molecule has 17 heavy (non-hydrogen) atoms. The smallest absolute Gasteiger partial charge is 0.233 e. The summed E-state index contributed by atoms with van der Waals surface area (Å²) in [7, 11) is 2.08. The van der Waals surface area contributed by atoms with Crippen LogP contribution >= 0.6 is 0 Å². The lowest BCUT2D eigenvalue weighted by Gasteiger charge is -2.15. The Morgan fingerprint density at radius 1 is 1.47 bits per heavy atom. The van der Waals surface area contributed by atoms with Gasteiger partial charge in [-0.15, -0.1) is 0 Å². The minimum absolute atomic E-state index is 0.0863. The molecule has 0 aliphatic rings. The fourth-order valence-corrected chi connectivity index (χ4v) is 1.69. The van der Waals surface area contributed by atoms with Crippen LogP contribution in [-0.4, -0.2) is 24.4 Å². The van der Waals surface area contributed by atoms with E-state index in [0.29, 0.717) is 6.42 Å². The van der Waals surface area contributed by atoms with Crippen molar-refractivity contribution >= 4 is 5.91 Å². The number of hydrogen-bond donors (Lipinski definition) is 2. The Hall–Kier alpha value is -1.33. The number of amides is 1. The highest BCUT2D eigenvalue weighted by Crippen LogP contribution is 2.06. The third-order valence-electron chi connectivity index (χ3n) is 2.64. The van der Waals surface area contributed by atoms with Gasteiger partial charge in [0, 0.05) is 18.5 Å². The second-order valence-electron chi connectivity index (χ2n) is 4.25. The van der Waals surface area contributed by atoms with Crippen LogP contribution in [0.2, 0.25) is 0 Å². The predicted octanol–water partition coefficient (Wildman–Crippen LogP) is 1.26. The summed E-state index contributed by atoms with van der Waals surface area (Å²) in [5.74, 6) is 4.91. The Morgan fingerprint density at radius 2 is 2.29 bits per heavy atom. The van der Waals surface area contributed by atoms with Crippen molar-refractivity contribution < 1.29 is 9.21 Å². The Bertz CT molecular complexity index is 312. The standard InChI is InChI=1S/C12H21N3O2/c1-15(9-11-6-8-17-10-11)7-4-2-3-5-12(16)14-13/h6,8,10H,2-5,7,9,13H2,1H3,(H,14,16). The Labute approximate surface area is 102 Å². The summed E-state index contributed by atoms with van der Waals surface area (Å²) in [5.41, 5.74) is 3.32. The van der Waals surface area contributed by atoms with Crippen LogP contribution in [-0.2, 0) is 11.3 Å². The van der Waals surface area contributed by atoms with Crippen molar-refractivity contribution in [3.8, 4) is 0 Å². The first-order valence-electron chi connectivity index (χ1n) is 5.91. The molecule has 1 amide bonds. The number of unbranched alkanes of at least 4 members (excludes halogenated alkanes) is 2. The molecule has 0 aliphatic carbocycles. The van der Waals surface area contributed by atoms with Crippen LogP contribution in [0.25, 0.3) is 0 Å². The molecule has 1 rings (SSSR count). The SMILES string of the molecule is CN(CCCCCC(=O)NN)Cc1ccoc1. The minimum Gasteiger partial charge on any atom is -0.472 e. The Morgan fingerprint density at radius 3 is 2.94 bits per heavy atom. The molecule has 0 radical (unpaired) electrons. The van der Waals surface area contributed by atoms with Crippen molar-refractivity contribution in [1.82, 2.24) is 10.3 Å². The van der Waals surface area contributed by atoms with Gasteiger partial charge in [0.15, 0.2) is 0 Å². The van der Waals surface area contributed by atoms with Crippen LogP contribution < -0.4 is 11.3 Å². The summed E-state index contributed by atoms with van der Waals surface area (Å²) in [6, 6.07) is 1.97. The molecule has 1 heterocycles. The van der Waals surface area contributed by atoms with Gasteiger partial charge >= 0.3 is 0 Å². The van der Waals surface area contributed by atoms with E-state index in [1.54, 1.807) is 12.5 Å². The molecule has 1 aromatic heterocycles. The molecule has 3 N–H and O–H groups in total. The highest BCUT2D eigenvalue weighted by molar-refractivity contribution is 5.74. The minimum atomic E-state index is -0.0863. The summed E-state index contributed by atoms with van der Waals surface area (Å²) in [4.78, 5) is 13.1. The van der Waals surface area contributed by atoms with Crippen LogP contribution in [0.3, 0.4) is 0 Å². The van der Waals surface area contributed by atoms with E-state index in [1.807, 2.05) is 6.07 Å². The molecule has 5 nitrogen and oxygen atoms in total. The number of nitrogens with one attached hydrogen (secondary N) is 1. The number of nitrogens with two attached hydrogens (primary N) is 1. The highest BCUT2D eigenvalue weighted by atomic mass is 16.3. The summed E-state index contributed by atoms with van der Waals surface area (Å²) in [6.45, 7) is 1.93. The molecule has 0 aliphatic heterocycles. The molecule has 96 valence electrons. The quantitative estimate of drug-likeness (QED) is 0.310.